The molecule has 0 aromatic heterocycles. The highest BCUT2D eigenvalue weighted by Crippen LogP contribution is 2.26. The summed E-state index contributed by atoms with van der Waals surface area (Å²) in [5, 5.41) is 9.11. The average Bonchev–Trinajstić information content (AvgIpc) is 2.03. The SMILES string of the molecule is O=C1C=Nc2ccc(O)cc2C1. The molecule has 0 aliphatic carbocycles. The molecule has 12 heavy (non-hydrogen) atoms. The molecule has 0 atom stereocenters. The van der Waals surface area contributed by atoms with Gasteiger partial charge in [-0.2, -0.15) is 0 Å². The molecule has 1 aliphatic rings. The first-order chi connectivity index (χ1) is 5.75. The number of phenols is 1. The number of fused-ring (bicyclic) bond motifs is 1. The molecule has 1 aliphatic heterocycles. The van der Waals surface area contributed by atoms with Crippen LogP contribution in [0.4, 0.5) is 5.69 Å². The quantitative estimate of drug-likeness (QED) is 0.621. The number of Topliss-reactive ketones (excluding diaryl/α,β-unsaturated/α-hetero) is 1. The molecule has 0 unspecified atom stereocenters. The highest BCUT2D eigenvalue weighted by Gasteiger charge is 2.11. The van der Waals surface area contributed by atoms with Gasteiger partial charge in [0.2, 0.25) is 0 Å². The van der Waals surface area contributed by atoms with Gasteiger partial charge in [0.05, 0.1) is 11.9 Å². The Bertz CT molecular complexity index is 369. The summed E-state index contributed by atoms with van der Waals surface area (Å²) >= 11 is 0. The van der Waals surface area contributed by atoms with Crippen LogP contribution in [0.15, 0.2) is 23.2 Å². The lowest BCUT2D eigenvalue weighted by Gasteiger charge is -2.07. The van der Waals surface area contributed by atoms with E-state index in [4.69, 9.17) is 5.11 Å². The van der Waals surface area contributed by atoms with Gasteiger partial charge in [-0.25, -0.2) is 0 Å². The minimum Gasteiger partial charge on any atom is -0.508 e. The third-order valence-corrected chi connectivity index (χ3v) is 1.78. The fraction of sp³-hybridized carbons (Fsp3) is 0.111. The molecule has 3 heteroatoms. The maximum absolute atomic E-state index is 10.9. The van der Waals surface area contributed by atoms with Gasteiger partial charge in [-0.05, 0) is 23.8 Å². The molecule has 0 amide bonds. The standard InChI is InChI=1S/C9H7NO2/c11-7-1-2-9-6(3-7)4-8(12)5-10-9/h1-3,5,11H,4H2. The minimum atomic E-state index is -0.0203. The molecular formula is C9H7NO2. The van der Waals surface area contributed by atoms with E-state index in [1.165, 1.54) is 6.21 Å². The number of phenolic OH excluding ortho intramolecular Hbond substituents is 1. The molecule has 0 saturated heterocycles. The Balaban J connectivity index is 2.54. The zero-order valence-electron chi connectivity index (χ0n) is 6.32. The second-order valence-electron chi connectivity index (χ2n) is 2.71. The predicted octanol–water partition coefficient (Wildman–Crippen LogP) is 1.22. The highest BCUT2D eigenvalue weighted by atomic mass is 16.3. The normalized spacial score (nSPS) is 14.5. The molecule has 3 nitrogen and oxygen atoms in total. The van der Waals surface area contributed by atoms with Crippen molar-refractivity contribution in [1.29, 1.82) is 0 Å². The van der Waals surface area contributed by atoms with Crippen LogP contribution in [0.5, 0.6) is 5.75 Å². The summed E-state index contributed by atoms with van der Waals surface area (Å²) in [7, 11) is 0. The number of carbonyl (C=O) groups excluding carboxylic acids is 1. The van der Waals surface area contributed by atoms with E-state index < -0.39 is 0 Å². The number of hydrogen-bond donors (Lipinski definition) is 1. The van der Waals surface area contributed by atoms with E-state index in [9.17, 15) is 4.79 Å². The fourth-order valence-electron chi connectivity index (χ4n) is 1.21. The first-order valence-corrected chi connectivity index (χ1v) is 3.64. The molecule has 60 valence electrons. The van der Waals surface area contributed by atoms with Crippen LogP contribution in [0.3, 0.4) is 0 Å². The molecule has 0 fully saturated rings. The van der Waals surface area contributed by atoms with Crippen molar-refractivity contribution >= 4 is 17.7 Å². The van der Waals surface area contributed by atoms with E-state index in [0.717, 1.165) is 11.3 Å². The Morgan fingerprint density at radius 2 is 2.25 bits per heavy atom. The smallest absolute Gasteiger partial charge is 0.178 e. The Hall–Kier alpha value is -1.64. The van der Waals surface area contributed by atoms with Crippen molar-refractivity contribution in [1.82, 2.24) is 0 Å². The van der Waals surface area contributed by atoms with E-state index in [-0.39, 0.29) is 11.5 Å². The molecule has 1 aromatic carbocycles. The van der Waals surface area contributed by atoms with Crippen molar-refractivity contribution in [3.05, 3.63) is 23.8 Å². The van der Waals surface area contributed by atoms with Crippen LogP contribution < -0.4 is 0 Å². The van der Waals surface area contributed by atoms with Crippen LogP contribution in [-0.2, 0) is 11.2 Å². The van der Waals surface area contributed by atoms with Crippen molar-refractivity contribution < 1.29 is 9.90 Å². The van der Waals surface area contributed by atoms with Gasteiger partial charge in [-0.3, -0.25) is 9.79 Å². The van der Waals surface area contributed by atoms with Gasteiger partial charge in [-0.1, -0.05) is 0 Å². The van der Waals surface area contributed by atoms with Gasteiger partial charge in [0.25, 0.3) is 0 Å². The number of benzene rings is 1. The zero-order valence-corrected chi connectivity index (χ0v) is 6.32. The molecule has 0 radical (unpaired) electrons. The van der Waals surface area contributed by atoms with Crippen LogP contribution in [0, 0.1) is 0 Å². The molecule has 1 heterocycles. The van der Waals surface area contributed by atoms with E-state index >= 15 is 0 Å². The summed E-state index contributed by atoms with van der Waals surface area (Å²) in [5.74, 6) is 0.159. The number of aliphatic imine (C=N–C) groups is 1. The molecule has 0 bridgehead atoms. The van der Waals surface area contributed by atoms with Gasteiger partial charge < -0.3 is 5.11 Å². The number of rotatable bonds is 0. The lowest BCUT2D eigenvalue weighted by atomic mass is 10.0. The van der Waals surface area contributed by atoms with Crippen LogP contribution in [0.2, 0.25) is 0 Å². The summed E-state index contributed by atoms with van der Waals surface area (Å²) in [6.07, 6.45) is 1.66. The summed E-state index contributed by atoms with van der Waals surface area (Å²) in [6.45, 7) is 0. The van der Waals surface area contributed by atoms with Crippen LogP contribution >= 0.6 is 0 Å². The van der Waals surface area contributed by atoms with Gasteiger partial charge >= 0.3 is 0 Å². The minimum absolute atomic E-state index is 0.0203. The Labute approximate surface area is 69.4 Å². The van der Waals surface area contributed by atoms with Gasteiger partial charge in [0, 0.05) is 6.42 Å². The summed E-state index contributed by atoms with van der Waals surface area (Å²) in [4.78, 5) is 14.8. The van der Waals surface area contributed by atoms with Crippen molar-refractivity contribution in [3.8, 4) is 5.75 Å². The van der Waals surface area contributed by atoms with Crippen LogP contribution in [0.1, 0.15) is 5.56 Å². The van der Waals surface area contributed by atoms with Gasteiger partial charge in [0.1, 0.15) is 5.75 Å². The number of carbonyl (C=O) groups is 1. The number of nitrogens with zero attached hydrogens (tertiary/aromatic N) is 1. The fourth-order valence-corrected chi connectivity index (χ4v) is 1.21. The lowest BCUT2D eigenvalue weighted by Crippen LogP contribution is -2.07. The van der Waals surface area contributed by atoms with Gasteiger partial charge in [-0.15, -0.1) is 0 Å². The predicted molar refractivity (Wildman–Crippen MR) is 45.0 cm³/mol. The Morgan fingerprint density at radius 1 is 1.42 bits per heavy atom. The first-order valence-electron chi connectivity index (χ1n) is 3.64. The molecule has 1 aromatic rings. The Morgan fingerprint density at radius 3 is 3.08 bits per heavy atom. The zero-order chi connectivity index (χ0) is 8.55. The van der Waals surface area contributed by atoms with Crippen LogP contribution in [-0.4, -0.2) is 17.1 Å². The molecule has 2 rings (SSSR count). The monoisotopic (exact) mass is 161 g/mol. The molecule has 0 spiro atoms. The third-order valence-electron chi connectivity index (χ3n) is 1.78. The molecule has 0 saturated carbocycles. The molecular weight excluding hydrogens is 154 g/mol. The first kappa shape index (κ1) is 7.03. The maximum Gasteiger partial charge on any atom is 0.178 e. The maximum atomic E-state index is 10.9. The molecule has 1 N–H and O–H groups in total. The van der Waals surface area contributed by atoms with E-state index in [1.807, 2.05) is 0 Å². The largest absolute Gasteiger partial charge is 0.508 e. The van der Waals surface area contributed by atoms with Crippen molar-refractivity contribution in [2.75, 3.05) is 0 Å². The number of hydrogen-bond acceptors (Lipinski definition) is 3. The van der Waals surface area contributed by atoms with Crippen molar-refractivity contribution in [3.63, 3.8) is 0 Å². The van der Waals surface area contributed by atoms with Crippen molar-refractivity contribution in [2.45, 2.75) is 6.42 Å². The second-order valence-corrected chi connectivity index (χ2v) is 2.71. The second kappa shape index (κ2) is 2.44. The Kier molecular flexibility index (Phi) is 1.43. The summed E-state index contributed by atoms with van der Waals surface area (Å²) in [5.41, 5.74) is 1.56. The number of ketones is 1. The van der Waals surface area contributed by atoms with Crippen molar-refractivity contribution in [2.24, 2.45) is 4.99 Å². The summed E-state index contributed by atoms with van der Waals surface area (Å²) < 4.78 is 0. The number of aromatic hydroxyl groups is 1. The van der Waals surface area contributed by atoms with E-state index in [2.05, 4.69) is 4.99 Å². The average molecular weight is 161 g/mol. The third kappa shape index (κ3) is 1.09. The van der Waals surface area contributed by atoms with E-state index in [0.29, 0.717) is 6.42 Å². The lowest BCUT2D eigenvalue weighted by molar-refractivity contribution is -0.112. The highest BCUT2D eigenvalue weighted by molar-refractivity contribution is 6.29. The summed E-state index contributed by atoms with van der Waals surface area (Å²) in [6, 6.07) is 4.84. The van der Waals surface area contributed by atoms with E-state index in [1.54, 1.807) is 18.2 Å². The van der Waals surface area contributed by atoms with Gasteiger partial charge in [0.15, 0.2) is 5.78 Å². The topological polar surface area (TPSA) is 49.7 Å². The van der Waals surface area contributed by atoms with Crippen LogP contribution in [0.25, 0.3) is 0 Å².